The molecule has 88 valence electrons. The Hall–Kier alpha value is -1.24. The van der Waals surface area contributed by atoms with Gasteiger partial charge >= 0.3 is 0 Å². The molecule has 4 heteroatoms. The second-order valence-corrected chi connectivity index (χ2v) is 5.21. The summed E-state index contributed by atoms with van der Waals surface area (Å²) in [6, 6.07) is 2.23. The molecule has 2 aliphatic carbocycles. The monoisotopic (exact) mass is 220 g/mol. The highest BCUT2D eigenvalue weighted by atomic mass is 15.1. The first kappa shape index (κ1) is 11.3. The van der Waals surface area contributed by atoms with Crippen LogP contribution in [0.1, 0.15) is 38.5 Å². The molecule has 2 fully saturated rings. The molecule has 0 saturated heterocycles. The average Bonchev–Trinajstić information content (AvgIpc) is 2.94. The second-order valence-electron chi connectivity index (χ2n) is 5.21. The van der Waals surface area contributed by atoms with Crippen LogP contribution in [0.4, 0.5) is 0 Å². The van der Waals surface area contributed by atoms with Gasteiger partial charge in [-0.3, -0.25) is 4.99 Å². The van der Waals surface area contributed by atoms with Crippen molar-refractivity contribution in [2.45, 2.75) is 38.5 Å². The molecule has 0 aromatic rings. The fraction of sp³-hybridized carbons (Fsp3) is 0.833. The van der Waals surface area contributed by atoms with E-state index >= 15 is 0 Å². The van der Waals surface area contributed by atoms with Crippen molar-refractivity contribution in [1.82, 2.24) is 5.32 Å². The van der Waals surface area contributed by atoms with Crippen LogP contribution in [0, 0.1) is 22.7 Å². The molecule has 0 amide bonds. The van der Waals surface area contributed by atoms with Crippen molar-refractivity contribution in [3.05, 3.63) is 0 Å². The number of nitrogens with two attached hydrogens (primary N) is 1. The van der Waals surface area contributed by atoms with E-state index in [9.17, 15) is 0 Å². The normalized spacial score (nSPS) is 23.3. The molecule has 0 atom stereocenters. The van der Waals surface area contributed by atoms with Gasteiger partial charge < -0.3 is 11.1 Å². The molecule has 0 heterocycles. The van der Waals surface area contributed by atoms with E-state index in [1.54, 1.807) is 0 Å². The summed E-state index contributed by atoms with van der Waals surface area (Å²) in [5.74, 6) is 1.35. The Labute approximate surface area is 96.9 Å². The van der Waals surface area contributed by atoms with E-state index in [0.717, 1.165) is 25.3 Å². The number of nitrogens with one attached hydrogen (secondary N) is 1. The lowest BCUT2D eigenvalue weighted by Gasteiger charge is -2.25. The van der Waals surface area contributed by atoms with Gasteiger partial charge in [0.2, 0.25) is 0 Å². The quantitative estimate of drug-likeness (QED) is 0.543. The molecule has 0 bridgehead atoms. The summed E-state index contributed by atoms with van der Waals surface area (Å²) in [5.41, 5.74) is 5.95. The van der Waals surface area contributed by atoms with Crippen molar-refractivity contribution in [1.29, 1.82) is 5.26 Å². The maximum absolute atomic E-state index is 8.68. The SMILES string of the molecule is N#CCC1(CN=C(N)NCC2CCC2)CC1. The lowest BCUT2D eigenvalue weighted by molar-refractivity contribution is 0.315. The Kier molecular flexibility index (Phi) is 3.33. The topological polar surface area (TPSA) is 74.2 Å². The predicted octanol–water partition coefficient (Wildman–Crippen LogP) is 1.38. The van der Waals surface area contributed by atoms with Gasteiger partial charge in [0.25, 0.3) is 0 Å². The molecule has 2 saturated carbocycles. The Morgan fingerprint density at radius 2 is 2.25 bits per heavy atom. The van der Waals surface area contributed by atoms with Gasteiger partial charge in [0, 0.05) is 24.9 Å². The predicted molar refractivity (Wildman–Crippen MR) is 63.7 cm³/mol. The fourth-order valence-corrected chi connectivity index (χ4v) is 1.99. The summed E-state index contributed by atoms with van der Waals surface area (Å²) in [6.45, 7) is 1.67. The Morgan fingerprint density at radius 1 is 1.50 bits per heavy atom. The molecule has 0 aliphatic heterocycles. The number of aliphatic imine (C=N–C) groups is 1. The number of nitrogens with zero attached hydrogens (tertiary/aromatic N) is 2. The maximum atomic E-state index is 8.68. The first-order valence-corrected chi connectivity index (χ1v) is 6.15. The van der Waals surface area contributed by atoms with E-state index < -0.39 is 0 Å². The average molecular weight is 220 g/mol. The molecule has 0 aromatic carbocycles. The summed E-state index contributed by atoms with van der Waals surface area (Å²) < 4.78 is 0. The van der Waals surface area contributed by atoms with E-state index in [1.807, 2.05) is 0 Å². The number of hydrogen-bond donors (Lipinski definition) is 2. The number of guanidine groups is 1. The molecule has 0 radical (unpaired) electrons. The van der Waals surface area contributed by atoms with Gasteiger partial charge in [-0.05, 0) is 31.6 Å². The van der Waals surface area contributed by atoms with Crippen LogP contribution in [0.2, 0.25) is 0 Å². The Morgan fingerprint density at radius 3 is 2.75 bits per heavy atom. The molecule has 0 aromatic heterocycles. The molecule has 4 nitrogen and oxygen atoms in total. The summed E-state index contributed by atoms with van der Waals surface area (Å²) in [4.78, 5) is 4.34. The third-order valence-corrected chi connectivity index (χ3v) is 3.79. The standard InChI is InChI=1S/C12H20N4/c13-7-6-12(4-5-12)9-16-11(14)15-8-10-2-1-3-10/h10H,1-6,8-9H2,(H3,14,15,16). The van der Waals surface area contributed by atoms with Crippen molar-refractivity contribution in [3.8, 4) is 6.07 Å². The van der Waals surface area contributed by atoms with Gasteiger partial charge in [0.15, 0.2) is 5.96 Å². The molecular formula is C12H20N4. The zero-order valence-electron chi connectivity index (χ0n) is 9.71. The highest BCUT2D eigenvalue weighted by Gasteiger charge is 2.42. The number of hydrogen-bond acceptors (Lipinski definition) is 2. The lowest BCUT2D eigenvalue weighted by atomic mass is 9.85. The van der Waals surface area contributed by atoms with E-state index in [-0.39, 0.29) is 5.41 Å². The van der Waals surface area contributed by atoms with Crippen LogP contribution in [0.25, 0.3) is 0 Å². The first-order valence-electron chi connectivity index (χ1n) is 6.15. The van der Waals surface area contributed by atoms with Crippen molar-refractivity contribution in [2.24, 2.45) is 22.1 Å². The van der Waals surface area contributed by atoms with E-state index in [4.69, 9.17) is 11.0 Å². The smallest absolute Gasteiger partial charge is 0.188 e. The van der Waals surface area contributed by atoms with Gasteiger partial charge in [-0.1, -0.05) is 6.42 Å². The molecule has 3 N–H and O–H groups in total. The van der Waals surface area contributed by atoms with Crippen molar-refractivity contribution in [3.63, 3.8) is 0 Å². The molecule has 2 aliphatic rings. The van der Waals surface area contributed by atoms with Crippen molar-refractivity contribution >= 4 is 5.96 Å². The second kappa shape index (κ2) is 4.73. The minimum absolute atomic E-state index is 0.164. The minimum atomic E-state index is 0.164. The van der Waals surface area contributed by atoms with Crippen molar-refractivity contribution in [2.75, 3.05) is 13.1 Å². The third-order valence-electron chi connectivity index (χ3n) is 3.79. The van der Waals surface area contributed by atoms with E-state index in [0.29, 0.717) is 18.9 Å². The third kappa shape index (κ3) is 2.88. The fourth-order valence-electron chi connectivity index (χ4n) is 1.99. The van der Waals surface area contributed by atoms with Crippen molar-refractivity contribution < 1.29 is 0 Å². The molecule has 0 spiro atoms. The van der Waals surface area contributed by atoms with Crippen LogP contribution in [-0.2, 0) is 0 Å². The summed E-state index contributed by atoms with van der Waals surface area (Å²) in [7, 11) is 0. The largest absolute Gasteiger partial charge is 0.370 e. The van der Waals surface area contributed by atoms with E-state index in [2.05, 4.69) is 16.4 Å². The highest BCUT2D eigenvalue weighted by Crippen LogP contribution is 2.48. The number of rotatable bonds is 5. The van der Waals surface area contributed by atoms with Crippen LogP contribution in [0.5, 0.6) is 0 Å². The molecular weight excluding hydrogens is 200 g/mol. The maximum Gasteiger partial charge on any atom is 0.188 e. The zero-order valence-corrected chi connectivity index (χ0v) is 9.71. The van der Waals surface area contributed by atoms with Crippen LogP contribution < -0.4 is 11.1 Å². The zero-order chi connectivity index (χ0) is 11.4. The number of nitriles is 1. The summed E-state index contributed by atoms with van der Waals surface area (Å²) in [5, 5.41) is 11.8. The van der Waals surface area contributed by atoms with E-state index in [1.165, 1.54) is 19.3 Å². The molecule has 0 unspecified atom stereocenters. The van der Waals surface area contributed by atoms with Gasteiger partial charge in [-0.15, -0.1) is 0 Å². The molecule has 2 rings (SSSR count). The Bertz CT molecular complexity index is 307. The van der Waals surface area contributed by atoms with Crippen LogP contribution in [0.15, 0.2) is 4.99 Å². The van der Waals surface area contributed by atoms with Gasteiger partial charge in [-0.25, -0.2) is 0 Å². The van der Waals surface area contributed by atoms with Crippen LogP contribution in [0.3, 0.4) is 0 Å². The van der Waals surface area contributed by atoms with Gasteiger partial charge in [0.1, 0.15) is 0 Å². The van der Waals surface area contributed by atoms with Gasteiger partial charge in [-0.2, -0.15) is 5.26 Å². The Balaban J connectivity index is 1.67. The molecule has 16 heavy (non-hydrogen) atoms. The summed E-state index contributed by atoms with van der Waals surface area (Å²) in [6.07, 6.45) is 6.86. The highest BCUT2D eigenvalue weighted by molar-refractivity contribution is 5.77. The van der Waals surface area contributed by atoms with Gasteiger partial charge in [0.05, 0.1) is 6.07 Å². The summed E-state index contributed by atoms with van der Waals surface area (Å²) >= 11 is 0. The van der Waals surface area contributed by atoms with Crippen LogP contribution >= 0.6 is 0 Å². The minimum Gasteiger partial charge on any atom is -0.370 e. The van der Waals surface area contributed by atoms with Crippen LogP contribution in [-0.4, -0.2) is 19.0 Å². The lowest BCUT2D eigenvalue weighted by Crippen LogP contribution is -2.37. The first-order chi connectivity index (χ1) is 7.74.